The van der Waals surface area contributed by atoms with E-state index in [0.717, 1.165) is 29.7 Å². The van der Waals surface area contributed by atoms with Gasteiger partial charge in [0, 0.05) is 24.1 Å². The van der Waals surface area contributed by atoms with E-state index in [1.165, 1.54) is 0 Å². The zero-order chi connectivity index (χ0) is 19.1. The van der Waals surface area contributed by atoms with Gasteiger partial charge in [-0.3, -0.25) is 4.79 Å². The summed E-state index contributed by atoms with van der Waals surface area (Å²) in [5.74, 6) is 1.21. The van der Waals surface area contributed by atoms with Crippen molar-refractivity contribution in [2.45, 2.75) is 32.4 Å². The molecule has 1 atom stereocenters. The number of guanidine groups is 1. The zero-order valence-electron chi connectivity index (χ0n) is 15.6. The Morgan fingerprint density at radius 3 is 2.96 bits per heavy atom. The number of aliphatic imine (C=N–C) groups is 1. The number of nitrogens with two attached hydrogens (primary N) is 1. The van der Waals surface area contributed by atoms with Crippen LogP contribution in [0.4, 0.5) is 0 Å². The van der Waals surface area contributed by atoms with E-state index < -0.39 is 0 Å². The van der Waals surface area contributed by atoms with Gasteiger partial charge in [-0.25, -0.2) is 4.99 Å². The molecule has 0 saturated carbocycles. The Morgan fingerprint density at radius 2 is 2.11 bits per heavy atom. The fourth-order valence-electron chi connectivity index (χ4n) is 3.04. The van der Waals surface area contributed by atoms with Crippen LogP contribution in [0.1, 0.15) is 47.3 Å². The third kappa shape index (κ3) is 5.00. The van der Waals surface area contributed by atoms with Gasteiger partial charge >= 0.3 is 0 Å². The molecule has 1 unspecified atom stereocenters. The molecular formula is C21H26N4O2. The van der Waals surface area contributed by atoms with Gasteiger partial charge in [0.15, 0.2) is 5.96 Å². The number of benzene rings is 2. The predicted molar refractivity (Wildman–Crippen MR) is 107 cm³/mol. The van der Waals surface area contributed by atoms with E-state index >= 15 is 0 Å². The normalized spacial score (nSPS) is 16.2. The number of hydrogen-bond donors (Lipinski definition) is 3. The van der Waals surface area contributed by atoms with E-state index in [1.807, 2.05) is 49.4 Å². The lowest BCUT2D eigenvalue weighted by molar-refractivity contribution is 0.0953. The van der Waals surface area contributed by atoms with Gasteiger partial charge in [-0.15, -0.1) is 0 Å². The minimum Gasteiger partial charge on any atom is -0.493 e. The van der Waals surface area contributed by atoms with Gasteiger partial charge in [0.2, 0.25) is 0 Å². The van der Waals surface area contributed by atoms with Gasteiger partial charge in [0.1, 0.15) is 5.75 Å². The number of amides is 1. The first-order valence-electron chi connectivity index (χ1n) is 9.32. The molecule has 1 aliphatic rings. The zero-order valence-corrected chi connectivity index (χ0v) is 15.6. The highest BCUT2D eigenvalue weighted by Gasteiger charge is 2.21. The van der Waals surface area contributed by atoms with Crippen molar-refractivity contribution < 1.29 is 9.53 Å². The van der Waals surface area contributed by atoms with Crippen molar-refractivity contribution in [1.29, 1.82) is 0 Å². The Morgan fingerprint density at radius 1 is 1.26 bits per heavy atom. The van der Waals surface area contributed by atoms with Crippen LogP contribution in [0, 0.1) is 0 Å². The molecule has 0 fully saturated rings. The average Bonchev–Trinajstić information content (AvgIpc) is 2.71. The fourth-order valence-corrected chi connectivity index (χ4v) is 3.04. The van der Waals surface area contributed by atoms with E-state index in [1.54, 1.807) is 6.07 Å². The van der Waals surface area contributed by atoms with E-state index in [-0.39, 0.29) is 11.9 Å². The van der Waals surface area contributed by atoms with E-state index in [9.17, 15) is 4.79 Å². The lowest BCUT2D eigenvalue weighted by Gasteiger charge is -2.26. The van der Waals surface area contributed by atoms with Crippen LogP contribution in [-0.4, -0.2) is 25.0 Å². The smallest absolute Gasteiger partial charge is 0.251 e. The van der Waals surface area contributed by atoms with Gasteiger partial charge in [-0.2, -0.15) is 0 Å². The van der Waals surface area contributed by atoms with E-state index in [4.69, 9.17) is 10.5 Å². The molecule has 0 bridgehead atoms. The molecule has 0 radical (unpaired) electrons. The Balaban J connectivity index is 1.62. The number of rotatable bonds is 6. The summed E-state index contributed by atoms with van der Waals surface area (Å²) >= 11 is 0. The number of carbonyl (C=O) groups excluding carboxylic acids is 1. The van der Waals surface area contributed by atoms with Crippen LogP contribution >= 0.6 is 0 Å². The molecule has 6 nitrogen and oxygen atoms in total. The summed E-state index contributed by atoms with van der Waals surface area (Å²) in [7, 11) is 0. The van der Waals surface area contributed by atoms with E-state index in [2.05, 4.69) is 15.6 Å². The molecule has 1 amide bonds. The van der Waals surface area contributed by atoms with Crippen LogP contribution in [0.3, 0.4) is 0 Å². The van der Waals surface area contributed by atoms with Crippen molar-refractivity contribution in [2.75, 3.05) is 13.2 Å². The summed E-state index contributed by atoms with van der Waals surface area (Å²) in [4.78, 5) is 16.5. The molecule has 2 aromatic rings. The van der Waals surface area contributed by atoms with Crippen LogP contribution in [0.5, 0.6) is 5.75 Å². The number of fused-ring (bicyclic) bond motifs is 1. The Labute approximate surface area is 159 Å². The highest BCUT2D eigenvalue weighted by molar-refractivity contribution is 5.94. The molecular weight excluding hydrogens is 340 g/mol. The topological polar surface area (TPSA) is 88.7 Å². The molecule has 1 aliphatic heterocycles. The summed E-state index contributed by atoms with van der Waals surface area (Å²) in [6, 6.07) is 15.5. The number of para-hydroxylation sites is 1. The van der Waals surface area contributed by atoms with Crippen molar-refractivity contribution in [3.05, 3.63) is 65.2 Å². The second-order valence-electron chi connectivity index (χ2n) is 6.53. The lowest BCUT2D eigenvalue weighted by Crippen LogP contribution is -2.37. The number of hydrogen-bond acceptors (Lipinski definition) is 3. The Kier molecular flexibility index (Phi) is 6.30. The van der Waals surface area contributed by atoms with Gasteiger partial charge in [0.05, 0.1) is 19.2 Å². The summed E-state index contributed by atoms with van der Waals surface area (Å²) < 4.78 is 5.67. The second kappa shape index (κ2) is 9.07. The largest absolute Gasteiger partial charge is 0.493 e. The van der Waals surface area contributed by atoms with Crippen molar-refractivity contribution in [3.63, 3.8) is 0 Å². The molecule has 6 heteroatoms. The Hall–Kier alpha value is -3.02. The van der Waals surface area contributed by atoms with E-state index in [0.29, 0.717) is 31.2 Å². The molecule has 0 spiro atoms. The highest BCUT2D eigenvalue weighted by atomic mass is 16.5. The van der Waals surface area contributed by atoms with Gasteiger partial charge < -0.3 is 21.1 Å². The quantitative estimate of drug-likeness (QED) is 0.542. The maximum Gasteiger partial charge on any atom is 0.251 e. The molecule has 4 N–H and O–H groups in total. The van der Waals surface area contributed by atoms with Gasteiger partial charge in [-0.05, 0) is 30.2 Å². The second-order valence-corrected chi connectivity index (χ2v) is 6.53. The van der Waals surface area contributed by atoms with Crippen LogP contribution in [0.25, 0.3) is 0 Å². The molecule has 0 aromatic heterocycles. The first kappa shape index (κ1) is 18.8. The lowest BCUT2D eigenvalue weighted by atomic mass is 10.0. The number of ether oxygens (including phenoxy) is 1. The Bertz CT molecular complexity index is 819. The number of nitrogens with one attached hydrogen (secondary N) is 2. The third-order valence-corrected chi connectivity index (χ3v) is 4.44. The monoisotopic (exact) mass is 366 g/mol. The van der Waals surface area contributed by atoms with Gasteiger partial charge in [0.25, 0.3) is 5.91 Å². The van der Waals surface area contributed by atoms with Crippen molar-refractivity contribution in [3.8, 4) is 5.75 Å². The third-order valence-electron chi connectivity index (χ3n) is 4.44. The SMILES string of the molecule is CCCNC(=O)c1cccc(CN=C(N)NC2CCOc3ccccc32)c1. The molecule has 142 valence electrons. The summed E-state index contributed by atoms with van der Waals surface area (Å²) in [6.07, 6.45) is 1.74. The fraction of sp³-hybridized carbons (Fsp3) is 0.333. The summed E-state index contributed by atoms with van der Waals surface area (Å²) in [5.41, 5.74) is 8.77. The minimum absolute atomic E-state index is 0.0624. The maximum absolute atomic E-state index is 12.1. The molecule has 3 rings (SSSR count). The molecule has 0 aliphatic carbocycles. The molecule has 1 heterocycles. The predicted octanol–water partition coefficient (Wildman–Crippen LogP) is 2.75. The summed E-state index contributed by atoms with van der Waals surface area (Å²) in [6.45, 7) is 3.76. The maximum atomic E-state index is 12.1. The first-order valence-corrected chi connectivity index (χ1v) is 9.32. The number of nitrogens with zero attached hydrogens (tertiary/aromatic N) is 1. The van der Waals surface area contributed by atoms with Gasteiger partial charge in [-0.1, -0.05) is 37.3 Å². The minimum atomic E-state index is -0.0624. The van der Waals surface area contributed by atoms with Crippen molar-refractivity contribution >= 4 is 11.9 Å². The average molecular weight is 366 g/mol. The van der Waals surface area contributed by atoms with Crippen LogP contribution in [-0.2, 0) is 6.54 Å². The standard InChI is InChI=1S/C21H26N4O2/c1-2-11-23-20(26)16-7-5-6-15(13-16)14-24-21(22)25-18-10-12-27-19-9-4-3-8-17(18)19/h3-9,13,18H,2,10-12,14H2,1H3,(H,23,26)(H3,22,24,25). The molecule has 2 aromatic carbocycles. The van der Waals surface area contributed by atoms with Crippen LogP contribution in [0.2, 0.25) is 0 Å². The molecule has 0 saturated heterocycles. The van der Waals surface area contributed by atoms with Crippen LogP contribution in [0.15, 0.2) is 53.5 Å². The molecule has 27 heavy (non-hydrogen) atoms. The summed E-state index contributed by atoms with van der Waals surface area (Å²) in [5, 5.41) is 6.16. The van der Waals surface area contributed by atoms with Crippen LogP contribution < -0.4 is 21.1 Å². The van der Waals surface area contributed by atoms with Crippen molar-refractivity contribution in [2.24, 2.45) is 10.7 Å². The highest BCUT2D eigenvalue weighted by Crippen LogP contribution is 2.31. The van der Waals surface area contributed by atoms with Crippen molar-refractivity contribution in [1.82, 2.24) is 10.6 Å². The first-order chi connectivity index (χ1) is 13.2. The number of carbonyl (C=O) groups is 1.